The first-order valence-electron chi connectivity index (χ1n) is 4.52. The molecule has 0 radical (unpaired) electrons. The van der Waals surface area contributed by atoms with Crippen LogP contribution in [0, 0.1) is 0 Å². The van der Waals surface area contributed by atoms with Crippen LogP contribution in [-0.4, -0.2) is 51.6 Å². The maximum atomic E-state index is 11.1. The number of alkyl carbamates (subject to hydrolysis) is 1. The van der Waals surface area contributed by atoms with Crippen LogP contribution in [0.25, 0.3) is 0 Å². The van der Waals surface area contributed by atoms with E-state index in [2.05, 4.69) is 20.9 Å². The summed E-state index contributed by atoms with van der Waals surface area (Å²) in [4.78, 5) is 22.1. The molecule has 1 aliphatic heterocycles. The van der Waals surface area contributed by atoms with E-state index in [1.807, 2.05) is 0 Å². The Morgan fingerprint density at radius 3 is 2.81 bits per heavy atom. The van der Waals surface area contributed by atoms with Gasteiger partial charge in [0.1, 0.15) is 12.6 Å². The molecule has 3 N–H and O–H groups in total. The first-order chi connectivity index (χ1) is 7.38. The molecule has 1 atom stereocenters. The van der Waals surface area contributed by atoms with Gasteiger partial charge in [-0.05, 0) is 0 Å². The third-order valence-electron chi connectivity index (χ3n) is 1.81. The molecule has 1 heterocycles. The summed E-state index contributed by atoms with van der Waals surface area (Å²) in [5, 5.41) is 2.28. The summed E-state index contributed by atoms with van der Waals surface area (Å²) in [5.74, 6) is -0.602. The van der Waals surface area contributed by atoms with Gasteiger partial charge in [-0.25, -0.2) is 18.6 Å². The second-order valence-electron chi connectivity index (χ2n) is 3.33. The van der Waals surface area contributed by atoms with Crippen LogP contribution in [0.4, 0.5) is 4.79 Å². The lowest BCUT2D eigenvalue weighted by Crippen LogP contribution is -2.42. The van der Waals surface area contributed by atoms with Crippen molar-refractivity contribution in [3.8, 4) is 0 Å². The van der Waals surface area contributed by atoms with Crippen LogP contribution in [0.5, 0.6) is 0 Å². The second kappa shape index (κ2) is 5.12. The number of hydrazine groups is 1. The summed E-state index contributed by atoms with van der Waals surface area (Å²) in [6, 6.07) is -0.689. The van der Waals surface area contributed by atoms with Crippen molar-refractivity contribution < 1.29 is 22.7 Å². The van der Waals surface area contributed by atoms with Crippen LogP contribution in [0.1, 0.15) is 0 Å². The Balaban J connectivity index is 2.23. The highest BCUT2D eigenvalue weighted by Crippen LogP contribution is 1.91. The van der Waals surface area contributed by atoms with Crippen LogP contribution < -0.4 is 16.2 Å². The molecule has 9 heteroatoms. The molecule has 0 aromatic carbocycles. The lowest BCUT2D eigenvalue weighted by molar-refractivity contribution is -0.121. The largest absolute Gasteiger partial charge is 0.448 e. The fourth-order valence-electron chi connectivity index (χ4n) is 1.01. The molecule has 0 unspecified atom stereocenters. The summed E-state index contributed by atoms with van der Waals surface area (Å²) in [6.45, 7) is 0.0342. The third-order valence-corrected chi connectivity index (χ3v) is 2.72. The van der Waals surface area contributed by atoms with Crippen LogP contribution in [0.2, 0.25) is 0 Å². The summed E-state index contributed by atoms with van der Waals surface area (Å²) in [7, 11) is -3.15. The Kier molecular flexibility index (Phi) is 4.07. The quantitative estimate of drug-likeness (QED) is 0.520. The van der Waals surface area contributed by atoms with Gasteiger partial charge in [0.2, 0.25) is 0 Å². The fraction of sp³-hybridized carbons (Fsp3) is 0.714. The Morgan fingerprint density at radius 1 is 1.62 bits per heavy atom. The highest BCUT2D eigenvalue weighted by molar-refractivity contribution is 7.90. The molecule has 0 aromatic heterocycles. The van der Waals surface area contributed by atoms with Gasteiger partial charge in [0.25, 0.3) is 5.91 Å². The number of hydrogen-bond donors (Lipinski definition) is 3. The first kappa shape index (κ1) is 12.7. The number of carbonyl (C=O) groups excluding carboxylic acids is 2. The van der Waals surface area contributed by atoms with E-state index in [1.54, 1.807) is 0 Å². The first-order valence-corrected chi connectivity index (χ1v) is 6.58. The second-order valence-corrected chi connectivity index (χ2v) is 5.59. The topological polar surface area (TPSA) is 114 Å². The van der Waals surface area contributed by atoms with Crippen LogP contribution in [0.3, 0.4) is 0 Å². The minimum atomic E-state index is -3.15. The SMILES string of the molecule is CS(=O)(=O)CCOC(=O)N[C@H]1CNNC1=O. The summed E-state index contributed by atoms with van der Waals surface area (Å²) in [6.07, 6.45) is 0.232. The number of ether oxygens (including phenoxy) is 1. The van der Waals surface area contributed by atoms with E-state index in [4.69, 9.17) is 0 Å². The van der Waals surface area contributed by atoms with E-state index in [0.717, 1.165) is 6.26 Å². The molecular formula is C7H13N3O5S. The van der Waals surface area contributed by atoms with E-state index >= 15 is 0 Å². The van der Waals surface area contributed by atoms with Gasteiger partial charge in [0, 0.05) is 12.8 Å². The predicted octanol–water partition coefficient (Wildman–Crippen LogP) is -2.24. The van der Waals surface area contributed by atoms with Gasteiger partial charge in [-0.3, -0.25) is 10.2 Å². The maximum absolute atomic E-state index is 11.1. The van der Waals surface area contributed by atoms with Crippen molar-refractivity contribution in [2.45, 2.75) is 6.04 Å². The zero-order valence-corrected chi connectivity index (χ0v) is 9.46. The number of rotatable bonds is 4. The summed E-state index contributed by atoms with van der Waals surface area (Å²) in [5.41, 5.74) is 4.84. The zero-order chi connectivity index (χ0) is 12.2. The molecule has 0 spiro atoms. The van der Waals surface area contributed by atoms with Crippen molar-refractivity contribution in [1.29, 1.82) is 0 Å². The van der Waals surface area contributed by atoms with Gasteiger partial charge >= 0.3 is 6.09 Å². The normalized spacial score (nSPS) is 20.3. The molecule has 2 amide bonds. The molecule has 1 aliphatic rings. The number of amides is 2. The average molecular weight is 251 g/mol. The Labute approximate surface area is 92.6 Å². The van der Waals surface area contributed by atoms with Crippen molar-refractivity contribution in [2.24, 2.45) is 0 Å². The fourth-order valence-corrected chi connectivity index (χ4v) is 1.39. The lowest BCUT2D eigenvalue weighted by Gasteiger charge is -2.09. The number of carbonyl (C=O) groups is 2. The molecule has 92 valence electrons. The van der Waals surface area contributed by atoms with Crippen molar-refractivity contribution in [1.82, 2.24) is 16.2 Å². The van der Waals surface area contributed by atoms with Gasteiger partial charge in [-0.1, -0.05) is 0 Å². The molecule has 16 heavy (non-hydrogen) atoms. The van der Waals surface area contributed by atoms with Gasteiger partial charge in [-0.15, -0.1) is 0 Å². The smallest absolute Gasteiger partial charge is 0.407 e. The third kappa shape index (κ3) is 4.45. The zero-order valence-electron chi connectivity index (χ0n) is 8.65. The molecule has 0 aromatic rings. The number of nitrogens with one attached hydrogen (secondary N) is 3. The van der Waals surface area contributed by atoms with Crippen LogP contribution >= 0.6 is 0 Å². The Morgan fingerprint density at radius 2 is 2.31 bits per heavy atom. The van der Waals surface area contributed by atoms with Crippen molar-refractivity contribution in [2.75, 3.05) is 25.2 Å². The van der Waals surface area contributed by atoms with Crippen LogP contribution in [-0.2, 0) is 19.4 Å². The molecule has 1 fully saturated rings. The highest BCUT2D eigenvalue weighted by Gasteiger charge is 2.25. The molecular weight excluding hydrogens is 238 g/mol. The Hall–Kier alpha value is -1.35. The molecule has 1 rings (SSSR count). The highest BCUT2D eigenvalue weighted by atomic mass is 32.2. The van der Waals surface area contributed by atoms with Crippen molar-refractivity contribution >= 4 is 21.8 Å². The van der Waals surface area contributed by atoms with E-state index in [9.17, 15) is 18.0 Å². The minimum absolute atomic E-state index is 0.230. The summed E-state index contributed by atoms with van der Waals surface area (Å²) >= 11 is 0. The van der Waals surface area contributed by atoms with E-state index in [0.29, 0.717) is 0 Å². The monoisotopic (exact) mass is 251 g/mol. The van der Waals surface area contributed by atoms with Crippen molar-refractivity contribution in [3.63, 3.8) is 0 Å². The predicted molar refractivity (Wildman–Crippen MR) is 54.1 cm³/mol. The van der Waals surface area contributed by atoms with Gasteiger partial charge in [0.05, 0.1) is 5.75 Å². The lowest BCUT2D eigenvalue weighted by atomic mass is 10.3. The summed E-state index contributed by atoms with van der Waals surface area (Å²) < 4.78 is 26.0. The van der Waals surface area contributed by atoms with Gasteiger partial charge < -0.3 is 10.1 Å². The number of hydrogen-bond acceptors (Lipinski definition) is 6. The van der Waals surface area contributed by atoms with Crippen LogP contribution in [0.15, 0.2) is 0 Å². The van der Waals surface area contributed by atoms with E-state index in [-0.39, 0.29) is 24.8 Å². The molecule has 8 nitrogen and oxygen atoms in total. The molecule has 0 aliphatic carbocycles. The Bertz CT molecular complexity index is 379. The van der Waals surface area contributed by atoms with Gasteiger partial charge in [-0.2, -0.15) is 0 Å². The molecule has 1 saturated heterocycles. The molecule has 0 saturated carbocycles. The molecule has 0 bridgehead atoms. The number of sulfone groups is 1. The van der Waals surface area contributed by atoms with Gasteiger partial charge in [0.15, 0.2) is 9.84 Å². The van der Waals surface area contributed by atoms with Crippen molar-refractivity contribution in [3.05, 3.63) is 0 Å². The average Bonchev–Trinajstić information content (AvgIpc) is 2.49. The van der Waals surface area contributed by atoms with E-state index < -0.39 is 22.0 Å². The standard InChI is InChI=1S/C7H13N3O5S/c1-16(13,14)3-2-15-7(12)9-5-4-8-10-6(5)11/h5,8H,2-4H2,1H3,(H,9,12)(H,10,11)/t5-/m0/s1. The van der Waals surface area contributed by atoms with E-state index in [1.165, 1.54) is 0 Å². The maximum Gasteiger partial charge on any atom is 0.407 e. The minimum Gasteiger partial charge on any atom is -0.448 e.